The number of pyridine rings is 1. The Balaban J connectivity index is 1.36. The number of aromatic nitrogens is 4. The lowest BCUT2D eigenvalue weighted by atomic mass is 10.0. The molecule has 0 spiro atoms. The maximum absolute atomic E-state index is 6.26. The van der Waals surface area contributed by atoms with Gasteiger partial charge in [-0.05, 0) is 51.0 Å². The topological polar surface area (TPSA) is 51.6 Å². The monoisotopic (exact) mass is 444 g/mol. The quantitative estimate of drug-likeness (QED) is 0.289. The van der Waals surface area contributed by atoms with Crippen molar-refractivity contribution < 1.29 is 0 Å². The Morgan fingerprint density at radius 3 is 1.88 bits per heavy atom. The number of fused-ring (bicyclic) bond motifs is 2. The summed E-state index contributed by atoms with van der Waals surface area (Å²) in [5.74, 6) is 0.972. The molecule has 0 saturated heterocycles. The van der Waals surface area contributed by atoms with Gasteiger partial charge in [0, 0.05) is 17.1 Å². The number of hydrogen-bond acceptors (Lipinski definition) is 4. The molecule has 33 heavy (non-hydrogen) atoms. The highest BCUT2D eigenvalue weighted by molar-refractivity contribution is 6.28. The van der Waals surface area contributed by atoms with Gasteiger partial charge in [0.05, 0.1) is 0 Å². The summed E-state index contributed by atoms with van der Waals surface area (Å²) in [6.45, 7) is 0. The van der Waals surface area contributed by atoms with E-state index in [0.717, 1.165) is 27.5 Å². The highest BCUT2D eigenvalue weighted by atomic mass is 35.5. The first-order valence-electron chi connectivity index (χ1n) is 10.6. The van der Waals surface area contributed by atoms with Crippen molar-refractivity contribution in [2.24, 2.45) is 0 Å². The Labute approximate surface area is 195 Å². The van der Waals surface area contributed by atoms with Crippen molar-refractivity contribution in [3.63, 3.8) is 0 Å². The van der Waals surface area contributed by atoms with Crippen LogP contribution < -0.4 is 0 Å². The summed E-state index contributed by atoms with van der Waals surface area (Å²) in [5, 5.41) is 4.72. The largest absolute Gasteiger partial charge is 0.252 e. The van der Waals surface area contributed by atoms with Gasteiger partial charge in [-0.3, -0.25) is 4.98 Å². The molecular weight excluding hydrogens is 428 g/mol. The molecule has 4 nitrogen and oxygen atoms in total. The predicted octanol–water partition coefficient (Wildman–Crippen LogP) is 7.23. The zero-order valence-electron chi connectivity index (χ0n) is 17.5. The van der Waals surface area contributed by atoms with Crippen molar-refractivity contribution >= 4 is 33.1 Å². The molecule has 5 heteroatoms. The van der Waals surface area contributed by atoms with Crippen LogP contribution in [0.5, 0.6) is 0 Å². The Kier molecular flexibility index (Phi) is 4.78. The van der Waals surface area contributed by atoms with Crippen LogP contribution in [0.3, 0.4) is 0 Å². The molecule has 0 radical (unpaired) electrons. The summed E-state index contributed by atoms with van der Waals surface area (Å²) in [7, 11) is 0. The van der Waals surface area contributed by atoms with Crippen molar-refractivity contribution in [3.8, 4) is 34.0 Å². The molecule has 0 saturated carbocycles. The minimum atomic E-state index is 0.142. The van der Waals surface area contributed by atoms with Crippen LogP contribution >= 0.6 is 11.6 Å². The fourth-order valence-electron chi connectivity index (χ4n) is 3.98. The molecule has 0 unspecified atom stereocenters. The third kappa shape index (κ3) is 3.81. The van der Waals surface area contributed by atoms with E-state index in [1.54, 1.807) is 0 Å². The summed E-state index contributed by atoms with van der Waals surface area (Å²) in [5.41, 5.74) is 3.81. The van der Waals surface area contributed by atoms with Crippen molar-refractivity contribution in [3.05, 3.63) is 109 Å². The molecule has 0 fully saturated rings. The molecule has 6 aromatic rings. The van der Waals surface area contributed by atoms with Crippen LogP contribution in [-0.4, -0.2) is 19.9 Å². The second-order valence-electron chi connectivity index (χ2n) is 7.81. The smallest absolute Gasteiger partial charge is 0.226 e. The molecule has 0 bridgehead atoms. The van der Waals surface area contributed by atoms with Gasteiger partial charge in [0.1, 0.15) is 5.69 Å². The lowest BCUT2D eigenvalue weighted by Gasteiger charge is -2.07. The van der Waals surface area contributed by atoms with E-state index in [0.29, 0.717) is 17.3 Å². The van der Waals surface area contributed by atoms with Crippen molar-refractivity contribution in [2.45, 2.75) is 0 Å². The molecule has 156 valence electrons. The number of halogens is 1. The van der Waals surface area contributed by atoms with E-state index in [-0.39, 0.29) is 5.28 Å². The highest BCUT2D eigenvalue weighted by Crippen LogP contribution is 2.28. The van der Waals surface area contributed by atoms with Crippen molar-refractivity contribution in [1.29, 1.82) is 0 Å². The molecule has 4 aromatic carbocycles. The van der Waals surface area contributed by atoms with Gasteiger partial charge in [-0.15, -0.1) is 0 Å². The van der Waals surface area contributed by atoms with Crippen molar-refractivity contribution in [2.75, 3.05) is 0 Å². The summed E-state index contributed by atoms with van der Waals surface area (Å²) >= 11 is 6.26. The minimum absolute atomic E-state index is 0.142. The van der Waals surface area contributed by atoms with Gasteiger partial charge in [-0.2, -0.15) is 9.97 Å². The summed E-state index contributed by atoms with van der Waals surface area (Å²) < 4.78 is 0. The molecule has 0 aliphatic carbocycles. The van der Waals surface area contributed by atoms with Gasteiger partial charge < -0.3 is 0 Å². The van der Waals surface area contributed by atoms with Crippen LogP contribution in [0.15, 0.2) is 103 Å². The molecule has 2 heterocycles. The van der Waals surface area contributed by atoms with Crippen LogP contribution in [0.4, 0.5) is 0 Å². The summed E-state index contributed by atoms with van der Waals surface area (Å²) in [4.78, 5) is 17.8. The Hall–Kier alpha value is -4.15. The first-order chi connectivity index (χ1) is 16.2. The molecule has 2 aromatic heterocycles. The number of hydrogen-bond donors (Lipinski definition) is 0. The van der Waals surface area contributed by atoms with Gasteiger partial charge in [-0.25, -0.2) is 4.98 Å². The van der Waals surface area contributed by atoms with E-state index in [4.69, 9.17) is 11.6 Å². The summed E-state index contributed by atoms with van der Waals surface area (Å²) in [6.07, 6.45) is 1.82. The van der Waals surface area contributed by atoms with E-state index < -0.39 is 0 Å². The maximum atomic E-state index is 6.26. The molecular formula is C28H17ClN4. The predicted molar refractivity (Wildman–Crippen MR) is 134 cm³/mol. The van der Waals surface area contributed by atoms with Gasteiger partial charge in [0.15, 0.2) is 11.6 Å². The third-order valence-corrected chi connectivity index (χ3v) is 5.86. The van der Waals surface area contributed by atoms with Gasteiger partial charge in [0.25, 0.3) is 0 Å². The van der Waals surface area contributed by atoms with Gasteiger partial charge in [-0.1, -0.05) is 84.9 Å². The normalized spacial score (nSPS) is 11.2. The lowest BCUT2D eigenvalue weighted by molar-refractivity contribution is 1.05. The van der Waals surface area contributed by atoms with Gasteiger partial charge in [0.2, 0.25) is 5.28 Å². The first kappa shape index (κ1) is 19.5. The number of benzene rings is 4. The fourth-order valence-corrected chi connectivity index (χ4v) is 4.14. The maximum Gasteiger partial charge on any atom is 0.226 e. The molecule has 0 amide bonds. The molecule has 0 aliphatic rings. The lowest BCUT2D eigenvalue weighted by Crippen LogP contribution is -1.98. The van der Waals surface area contributed by atoms with Gasteiger partial charge >= 0.3 is 0 Å². The average Bonchev–Trinajstić information content (AvgIpc) is 2.88. The van der Waals surface area contributed by atoms with Crippen LogP contribution in [0.25, 0.3) is 55.6 Å². The second kappa shape index (κ2) is 8.08. The van der Waals surface area contributed by atoms with Crippen LogP contribution in [0.1, 0.15) is 0 Å². The molecule has 6 rings (SSSR count). The van der Waals surface area contributed by atoms with Crippen LogP contribution in [0.2, 0.25) is 5.28 Å². The van der Waals surface area contributed by atoms with E-state index in [9.17, 15) is 0 Å². The molecule has 0 aliphatic heterocycles. The van der Waals surface area contributed by atoms with E-state index >= 15 is 0 Å². The molecule has 0 atom stereocenters. The zero-order valence-corrected chi connectivity index (χ0v) is 18.2. The number of nitrogens with zero attached hydrogens (tertiary/aromatic N) is 4. The third-order valence-electron chi connectivity index (χ3n) is 5.69. The Morgan fingerprint density at radius 1 is 0.485 bits per heavy atom. The Morgan fingerprint density at radius 2 is 1.09 bits per heavy atom. The highest BCUT2D eigenvalue weighted by Gasteiger charge is 2.11. The first-order valence-corrected chi connectivity index (χ1v) is 11.0. The fraction of sp³-hybridized carbons (Fsp3) is 0. The standard InChI is InChI=1S/C28H17ClN4/c29-28-32-26(31-27(33-28)25-16-22-7-3-4-8-24(22)17-30-25)20-12-9-19(10-13-20)23-14-11-18-5-1-2-6-21(18)15-23/h1-17H. The van der Waals surface area contributed by atoms with Crippen LogP contribution in [0, 0.1) is 0 Å². The SMILES string of the molecule is Clc1nc(-c2ccc(-c3ccc4ccccc4c3)cc2)nc(-c2cc3ccccc3cn2)n1. The van der Waals surface area contributed by atoms with E-state index in [2.05, 4.69) is 74.5 Å². The average molecular weight is 445 g/mol. The van der Waals surface area contributed by atoms with Crippen molar-refractivity contribution in [1.82, 2.24) is 19.9 Å². The molecule has 0 N–H and O–H groups in total. The second-order valence-corrected chi connectivity index (χ2v) is 8.15. The van der Waals surface area contributed by atoms with Crippen LogP contribution in [-0.2, 0) is 0 Å². The van der Waals surface area contributed by atoms with E-state index in [1.165, 1.54) is 10.8 Å². The zero-order chi connectivity index (χ0) is 22.2. The summed E-state index contributed by atoms with van der Waals surface area (Å²) in [6, 6.07) is 33.0. The van der Waals surface area contributed by atoms with E-state index in [1.807, 2.05) is 48.7 Å². The Bertz CT molecular complexity index is 1630. The minimum Gasteiger partial charge on any atom is -0.252 e. The number of rotatable bonds is 3.